The molecule has 2 heterocycles. The van der Waals surface area contributed by atoms with Gasteiger partial charge in [0.15, 0.2) is 5.17 Å². The van der Waals surface area contributed by atoms with Crippen LogP contribution >= 0.6 is 11.8 Å². The lowest BCUT2D eigenvalue weighted by atomic mass is 9.99. The quantitative estimate of drug-likeness (QED) is 0.659. The van der Waals surface area contributed by atoms with Crippen molar-refractivity contribution in [2.45, 2.75) is 19.8 Å². The molecular weight excluding hydrogens is 340 g/mol. The second-order valence-corrected chi connectivity index (χ2v) is 6.95. The van der Waals surface area contributed by atoms with E-state index in [9.17, 15) is 14.7 Å². The van der Waals surface area contributed by atoms with Crippen molar-refractivity contribution < 1.29 is 19.4 Å². The van der Waals surface area contributed by atoms with Gasteiger partial charge in [0, 0.05) is 13.1 Å². The van der Waals surface area contributed by atoms with Gasteiger partial charge in [-0.25, -0.2) is 0 Å². The number of amidine groups is 1. The zero-order valence-electron chi connectivity index (χ0n) is 14.0. The molecule has 7 heteroatoms. The number of hydrogen-bond donors (Lipinski definition) is 1. The number of carbonyl (C=O) groups excluding carboxylic acids is 2. The van der Waals surface area contributed by atoms with Gasteiger partial charge in [-0.15, -0.1) is 0 Å². The maximum Gasteiger partial charge on any atom is 0.310 e. The van der Waals surface area contributed by atoms with Crippen LogP contribution in [-0.4, -0.2) is 46.7 Å². The molecule has 0 radical (unpaired) electrons. The number of aliphatic imine (C=N–C) groups is 1. The van der Waals surface area contributed by atoms with Crippen LogP contribution in [0.25, 0.3) is 6.08 Å². The minimum atomic E-state index is -0.290. The van der Waals surface area contributed by atoms with Gasteiger partial charge in [-0.1, -0.05) is 12.1 Å². The van der Waals surface area contributed by atoms with Gasteiger partial charge in [0.2, 0.25) is 0 Å². The van der Waals surface area contributed by atoms with Crippen LogP contribution in [0.3, 0.4) is 0 Å². The summed E-state index contributed by atoms with van der Waals surface area (Å²) in [6.45, 7) is 3.47. The maximum absolute atomic E-state index is 12.2. The molecule has 1 fully saturated rings. The third kappa shape index (κ3) is 4.22. The van der Waals surface area contributed by atoms with Crippen molar-refractivity contribution in [3.63, 3.8) is 0 Å². The number of nitrogens with zero attached hydrogens (tertiary/aromatic N) is 2. The van der Waals surface area contributed by atoms with Crippen LogP contribution in [0.15, 0.2) is 34.2 Å². The zero-order valence-corrected chi connectivity index (χ0v) is 14.8. The third-order valence-corrected chi connectivity index (χ3v) is 5.13. The van der Waals surface area contributed by atoms with Crippen LogP contribution in [0.4, 0.5) is 0 Å². The number of likely N-dealkylation sites (tertiary alicyclic amines) is 1. The molecule has 2 aliphatic heterocycles. The van der Waals surface area contributed by atoms with Gasteiger partial charge in [0.05, 0.1) is 17.4 Å². The lowest BCUT2D eigenvalue weighted by molar-refractivity contribution is -0.149. The van der Waals surface area contributed by atoms with Crippen molar-refractivity contribution >= 4 is 34.9 Å². The number of benzene rings is 1. The highest BCUT2D eigenvalue weighted by atomic mass is 32.2. The molecule has 1 atom stereocenters. The Labute approximate surface area is 150 Å². The number of phenolic OH excluding ortho intramolecular Hbond substituents is 1. The van der Waals surface area contributed by atoms with Gasteiger partial charge in [0.1, 0.15) is 5.75 Å². The zero-order chi connectivity index (χ0) is 17.8. The monoisotopic (exact) mass is 360 g/mol. The van der Waals surface area contributed by atoms with Crippen LogP contribution in [-0.2, 0) is 14.3 Å². The molecule has 0 unspecified atom stereocenters. The highest BCUT2D eigenvalue weighted by Crippen LogP contribution is 2.32. The Balaban J connectivity index is 1.69. The Morgan fingerprint density at radius 3 is 3.12 bits per heavy atom. The maximum atomic E-state index is 12.2. The predicted molar refractivity (Wildman–Crippen MR) is 97.0 cm³/mol. The third-order valence-electron chi connectivity index (χ3n) is 4.09. The molecule has 0 bridgehead atoms. The molecule has 1 aromatic carbocycles. The van der Waals surface area contributed by atoms with E-state index >= 15 is 0 Å². The lowest BCUT2D eigenvalue weighted by Crippen LogP contribution is -2.41. The standard InChI is InChI=1S/C18H20N2O4S/c1-2-24-17(23)13-6-4-8-20(11-13)18-19-16(22)15(25-18)10-12-5-3-7-14(21)9-12/h3,5,7,9-10,13,21H,2,4,6,8,11H2,1H3/b15-10-/t13-/m1/s1. The number of phenols is 1. The first-order valence-electron chi connectivity index (χ1n) is 8.30. The summed E-state index contributed by atoms with van der Waals surface area (Å²) in [4.78, 5) is 30.8. The Morgan fingerprint density at radius 2 is 2.36 bits per heavy atom. The molecule has 1 aromatic rings. The highest BCUT2D eigenvalue weighted by Gasteiger charge is 2.32. The van der Waals surface area contributed by atoms with Crippen LogP contribution < -0.4 is 0 Å². The van der Waals surface area contributed by atoms with E-state index in [1.54, 1.807) is 31.2 Å². The molecule has 132 valence electrons. The van der Waals surface area contributed by atoms with Gasteiger partial charge in [-0.2, -0.15) is 4.99 Å². The number of carbonyl (C=O) groups is 2. The summed E-state index contributed by atoms with van der Waals surface area (Å²) in [5.41, 5.74) is 0.746. The molecule has 1 N–H and O–H groups in total. The van der Waals surface area contributed by atoms with Crippen molar-refractivity contribution in [3.8, 4) is 5.75 Å². The van der Waals surface area contributed by atoms with Crippen molar-refractivity contribution in [1.29, 1.82) is 0 Å². The van der Waals surface area contributed by atoms with Gasteiger partial charge in [-0.05, 0) is 55.3 Å². The number of amides is 1. The van der Waals surface area contributed by atoms with Crippen molar-refractivity contribution in [3.05, 3.63) is 34.7 Å². The number of hydrogen-bond acceptors (Lipinski definition) is 6. The molecule has 0 spiro atoms. The van der Waals surface area contributed by atoms with Crippen LogP contribution in [0.1, 0.15) is 25.3 Å². The van der Waals surface area contributed by atoms with Crippen molar-refractivity contribution in [2.75, 3.05) is 19.7 Å². The number of ether oxygens (including phenoxy) is 1. The molecule has 1 amide bonds. The molecule has 3 rings (SSSR count). The number of aromatic hydroxyl groups is 1. The highest BCUT2D eigenvalue weighted by molar-refractivity contribution is 8.18. The van der Waals surface area contributed by atoms with Crippen LogP contribution in [0.5, 0.6) is 5.75 Å². The summed E-state index contributed by atoms with van der Waals surface area (Å²) in [6, 6.07) is 6.71. The second kappa shape index (κ2) is 7.74. The summed E-state index contributed by atoms with van der Waals surface area (Å²) >= 11 is 1.31. The number of esters is 1. The van der Waals surface area contributed by atoms with E-state index in [1.165, 1.54) is 11.8 Å². The topological polar surface area (TPSA) is 79.2 Å². The molecule has 25 heavy (non-hydrogen) atoms. The molecule has 1 saturated heterocycles. The molecule has 2 aliphatic rings. The minimum absolute atomic E-state index is 0.152. The Morgan fingerprint density at radius 1 is 1.52 bits per heavy atom. The number of rotatable bonds is 3. The lowest BCUT2D eigenvalue weighted by Gasteiger charge is -2.32. The van der Waals surface area contributed by atoms with Crippen molar-refractivity contribution in [2.24, 2.45) is 10.9 Å². The van der Waals surface area contributed by atoms with E-state index < -0.39 is 0 Å². The Bertz CT molecular complexity index is 744. The van der Waals surface area contributed by atoms with E-state index in [-0.39, 0.29) is 23.5 Å². The Hall–Kier alpha value is -2.28. The normalized spacial score (nSPS) is 22.2. The Kier molecular flexibility index (Phi) is 5.43. The van der Waals surface area contributed by atoms with E-state index in [2.05, 4.69) is 4.99 Å². The van der Waals surface area contributed by atoms with Crippen LogP contribution in [0, 0.1) is 5.92 Å². The van der Waals surface area contributed by atoms with E-state index in [1.807, 2.05) is 11.0 Å². The fourth-order valence-corrected chi connectivity index (χ4v) is 3.85. The summed E-state index contributed by atoms with van der Waals surface area (Å²) in [5.74, 6) is -0.496. The fraction of sp³-hybridized carbons (Fsp3) is 0.389. The summed E-state index contributed by atoms with van der Waals surface area (Å²) < 4.78 is 5.11. The molecule has 0 saturated carbocycles. The van der Waals surface area contributed by atoms with Gasteiger partial charge >= 0.3 is 5.97 Å². The summed E-state index contributed by atoms with van der Waals surface area (Å²) in [7, 11) is 0. The first-order chi connectivity index (χ1) is 12.1. The molecule has 0 aromatic heterocycles. The molecule has 6 nitrogen and oxygen atoms in total. The fourth-order valence-electron chi connectivity index (χ4n) is 2.90. The number of piperidine rings is 1. The summed E-state index contributed by atoms with van der Waals surface area (Å²) in [5, 5.41) is 10.2. The predicted octanol–water partition coefficient (Wildman–Crippen LogP) is 2.64. The molecular formula is C18H20N2O4S. The first-order valence-corrected chi connectivity index (χ1v) is 9.11. The van der Waals surface area contributed by atoms with E-state index in [4.69, 9.17) is 4.74 Å². The van der Waals surface area contributed by atoms with E-state index in [0.717, 1.165) is 24.9 Å². The summed E-state index contributed by atoms with van der Waals surface area (Å²) in [6.07, 6.45) is 3.38. The smallest absolute Gasteiger partial charge is 0.310 e. The average Bonchev–Trinajstić information content (AvgIpc) is 2.96. The SMILES string of the molecule is CCOC(=O)[C@@H]1CCCN(C2=NC(=O)/C(=C/c3cccc(O)c3)S2)C1. The van der Waals surface area contributed by atoms with Gasteiger partial charge in [0.25, 0.3) is 5.91 Å². The van der Waals surface area contributed by atoms with Crippen molar-refractivity contribution in [1.82, 2.24) is 4.90 Å². The second-order valence-electron chi connectivity index (χ2n) is 5.94. The van der Waals surface area contributed by atoms with E-state index in [0.29, 0.717) is 23.2 Å². The van der Waals surface area contributed by atoms with Gasteiger partial charge < -0.3 is 14.7 Å². The minimum Gasteiger partial charge on any atom is -0.508 e. The average molecular weight is 360 g/mol. The van der Waals surface area contributed by atoms with Gasteiger partial charge in [-0.3, -0.25) is 9.59 Å². The van der Waals surface area contributed by atoms with Crippen LogP contribution in [0.2, 0.25) is 0 Å². The molecule has 0 aliphatic carbocycles. The largest absolute Gasteiger partial charge is 0.508 e. The first kappa shape index (κ1) is 17.5. The number of thioether (sulfide) groups is 1.